The predicted molar refractivity (Wildman–Crippen MR) is 113 cm³/mol. The van der Waals surface area contributed by atoms with E-state index in [0.29, 0.717) is 29.1 Å². The topological polar surface area (TPSA) is 128 Å². The van der Waals surface area contributed by atoms with Gasteiger partial charge in [0.05, 0.1) is 21.1 Å². The van der Waals surface area contributed by atoms with Gasteiger partial charge >= 0.3 is 0 Å². The number of nitro groups is 1. The van der Waals surface area contributed by atoms with E-state index < -0.39 is 20.9 Å². The summed E-state index contributed by atoms with van der Waals surface area (Å²) < 4.78 is 32.7. The summed E-state index contributed by atoms with van der Waals surface area (Å²) in [6, 6.07) is 8.78. The van der Waals surface area contributed by atoms with Crippen LogP contribution in [0.2, 0.25) is 0 Å². The number of hydrogen-bond donors (Lipinski definition) is 2. The molecule has 0 spiro atoms. The number of carbonyl (C=O) groups excluding carboxylic acids is 1. The van der Waals surface area contributed by atoms with Crippen LogP contribution in [0, 0.1) is 29.9 Å². The van der Waals surface area contributed by atoms with Crippen LogP contribution in [0.15, 0.2) is 41.3 Å². The van der Waals surface area contributed by atoms with Crippen LogP contribution in [-0.2, 0) is 14.8 Å². The Morgan fingerprint density at radius 3 is 2.50 bits per heavy atom. The molecule has 2 aromatic carbocycles. The summed E-state index contributed by atoms with van der Waals surface area (Å²) in [5.74, 6) is 0.0497. The Bertz CT molecular complexity index is 1050. The number of amides is 1. The molecule has 0 unspecified atom stereocenters. The first-order valence-electron chi connectivity index (χ1n) is 9.28. The Balaban J connectivity index is 2.04. The normalized spacial score (nSPS) is 11.4. The second-order valence-corrected chi connectivity index (χ2v) is 8.98. The van der Waals surface area contributed by atoms with Gasteiger partial charge in [-0.3, -0.25) is 14.9 Å². The van der Waals surface area contributed by atoms with Crippen LogP contribution in [-0.4, -0.2) is 32.4 Å². The van der Waals surface area contributed by atoms with Crippen LogP contribution in [0.5, 0.6) is 5.75 Å². The molecule has 0 atom stereocenters. The summed E-state index contributed by atoms with van der Waals surface area (Å²) in [6.07, 6.45) is 0. The summed E-state index contributed by atoms with van der Waals surface area (Å²) in [6.45, 7) is 7.04. The van der Waals surface area contributed by atoms with Gasteiger partial charge in [0.25, 0.3) is 11.6 Å². The van der Waals surface area contributed by atoms with Crippen LogP contribution in [0.4, 0.5) is 11.4 Å². The fraction of sp³-hybridized carbons (Fsp3) is 0.350. The van der Waals surface area contributed by atoms with E-state index in [-0.39, 0.29) is 23.1 Å². The minimum atomic E-state index is -3.62. The van der Waals surface area contributed by atoms with E-state index in [0.717, 1.165) is 0 Å². The number of anilines is 1. The van der Waals surface area contributed by atoms with Gasteiger partial charge < -0.3 is 10.1 Å². The van der Waals surface area contributed by atoms with Gasteiger partial charge in [0, 0.05) is 12.6 Å². The molecular formula is C20H25N3O6S. The third-order valence-corrected chi connectivity index (χ3v) is 5.69. The molecule has 0 aliphatic carbocycles. The van der Waals surface area contributed by atoms with Gasteiger partial charge in [-0.2, -0.15) is 0 Å². The number of nitrogens with one attached hydrogen (secondary N) is 2. The Kier molecular flexibility index (Phi) is 7.52. The third kappa shape index (κ3) is 6.01. The van der Waals surface area contributed by atoms with Crippen molar-refractivity contribution in [3.63, 3.8) is 0 Å². The highest BCUT2D eigenvalue weighted by Gasteiger charge is 2.17. The van der Waals surface area contributed by atoms with Gasteiger partial charge in [-0.1, -0.05) is 19.9 Å². The molecule has 10 heteroatoms. The lowest BCUT2D eigenvalue weighted by atomic mass is 10.1. The number of benzene rings is 2. The zero-order valence-corrected chi connectivity index (χ0v) is 18.1. The molecule has 2 aromatic rings. The van der Waals surface area contributed by atoms with Gasteiger partial charge in [-0.15, -0.1) is 0 Å². The molecule has 0 fully saturated rings. The number of nitro benzene ring substituents is 1. The summed E-state index contributed by atoms with van der Waals surface area (Å²) in [5.41, 5.74) is 1.14. The van der Waals surface area contributed by atoms with Gasteiger partial charge in [-0.05, 0) is 49.6 Å². The van der Waals surface area contributed by atoms with Crippen LogP contribution >= 0.6 is 0 Å². The van der Waals surface area contributed by atoms with Crippen molar-refractivity contribution in [2.24, 2.45) is 5.92 Å². The summed E-state index contributed by atoms with van der Waals surface area (Å²) in [7, 11) is -3.62. The fourth-order valence-electron chi connectivity index (χ4n) is 2.60. The monoisotopic (exact) mass is 435 g/mol. The number of hydrogen-bond acceptors (Lipinski definition) is 6. The first-order chi connectivity index (χ1) is 14.0. The molecule has 0 bridgehead atoms. The zero-order valence-electron chi connectivity index (χ0n) is 17.3. The quantitative estimate of drug-likeness (QED) is 0.460. The zero-order chi connectivity index (χ0) is 22.5. The van der Waals surface area contributed by atoms with E-state index in [4.69, 9.17) is 4.74 Å². The number of carbonyl (C=O) groups is 1. The van der Waals surface area contributed by atoms with E-state index in [9.17, 15) is 23.3 Å². The fourth-order valence-corrected chi connectivity index (χ4v) is 3.90. The summed E-state index contributed by atoms with van der Waals surface area (Å²) in [4.78, 5) is 22.8. The predicted octanol–water partition coefficient (Wildman–Crippen LogP) is 3.16. The molecule has 0 aliphatic rings. The number of aryl methyl sites for hydroxylation is 1. The van der Waals surface area contributed by atoms with Crippen molar-refractivity contribution in [2.75, 3.05) is 18.5 Å². The van der Waals surface area contributed by atoms with E-state index in [1.807, 2.05) is 13.8 Å². The summed E-state index contributed by atoms with van der Waals surface area (Å²) >= 11 is 0. The Morgan fingerprint density at radius 2 is 1.90 bits per heavy atom. The molecule has 0 heterocycles. The lowest BCUT2D eigenvalue weighted by Gasteiger charge is -2.13. The molecule has 2 rings (SSSR count). The number of nitrogens with zero attached hydrogens (tertiary/aromatic N) is 1. The second-order valence-electron chi connectivity index (χ2n) is 7.22. The van der Waals surface area contributed by atoms with E-state index in [1.54, 1.807) is 19.9 Å². The molecule has 0 aliphatic heterocycles. The van der Waals surface area contributed by atoms with Crippen LogP contribution in [0.3, 0.4) is 0 Å². The van der Waals surface area contributed by atoms with Crippen molar-refractivity contribution in [2.45, 2.75) is 32.6 Å². The molecule has 0 saturated carbocycles. The van der Waals surface area contributed by atoms with Crippen LogP contribution < -0.4 is 14.8 Å². The first-order valence-corrected chi connectivity index (χ1v) is 10.8. The maximum absolute atomic E-state index is 12.3. The Labute approximate surface area is 175 Å². The van der Waals surface area contributed by atoms with Crippen molar-refractivity contribution in [3.05, 3.63) is 57.6 Å². The van der Waals surface area contributed by atoms with Gasteiger partial charge in [0.15, 0.2) is 6.61 Å². The lowest BCUT2D eigenvalue weighted by molar-refractivity contribution is -0.385. The van der Waals surface area contributed by atoms with Crippen molar-refractivity contribution < 1.29 is 22.9 Å². The molecule has 30 heavy (non-hydrogen) atoms. The average Bonchev–Trinajstić information content (AvgIpc) is 2.67. The van der Waals surface area contributed by atoms with E-state index in [1.165, 1.54) is 30.3 Å². The van der Waals surface area contributed by atoms with Gasteiger partial charge in [0.2, 0.25) is 10.0 Å². The van der Waals surface area contributed by atoms with E-state index >= 15 is 0 Å². The smallest absolute Gasteiger partial charge is 0.274 e. The molecule has 162 valence electrons. The average molecular weight is 436 g/mol. The second kappa shape index (κ2) is 9.68. The van der Waals surface area contributed by atoms with Crippen LogP contribution in [0.1, 0.15) is 25.0 Å². The van der Waals surface area contributed by atoms with Crippen molar-refractivity contribution in [1.82, 2.24) is 4.72 Å². The highest BCUT2D eigenvalue weighted by atomic mass is 32.2. The van der Waals surface area contributed by atoms with E-state index in [2.05, 4.69) is 10.0 Å². The number of sulfonamides is 1. The maximum atomic E-state index is 12.3. The summed E-state index contributed by atoms with van der Waals surface area (Å²) in [5, 5.41) is 13.6. The molecule has 0 radical (unpaired) electrons. The number of rotatable bonds is 9. The Morgan fingerprint density at radius 1 is 1.20 bits per heavy atom. The van der Waals surface area contributed by atoms with Gasteiger partial charge in [0.1, 0.15) is 5.75 Å². The molecule has 2 N–H and O–H groups in total. The lowest BCUT2D eigenvalue weighted by Crippen LogP contribution is -2.27. The number of ether oxygens (including phenoxy) is 1. The minimum Gasteiger partial charge on any atom is -0.483 e. The standard InChI is InChI=1S/C20H25N3O6S/c1-13(2)11-21-30(27,28)16-8-9-19(14(3)10-16)29-12-20(24)22-17-6-5-7-18(15(17)4)23(25)26/h5-10,13,21H,11-12H2,1-4H3,(H,22,24). The van der Waals surface area contributed by atoms with Crippen LogP contribution in [0.25, 0.3) is 0 Å². The highest BCUT2D eigenvalue weighted by molar-refractivity contribution is 7.89. The van der Waals surface area contributed by atoms with Crippen molar-refractivity contribution >= 4 is 27.3 Å². The molecule has 9 nitrogen and oxygen atoms in total. The highest BCUT2D eigenvalue weighted by Crippen LogP contribution is 2.25. The van der Waals surface area contributed by atoms with Gasteiger partial charge in [-0.25, -0.2) is 13.1 Å². The largest absolute Gasteiger partial charge is 0.483 e. The SMILES string of the molecule is Cc1cc(S(=O)(=O)NCC(C)C)ccc1OCC(=O)Nc1cccc([N+](=O)[O-])c1C. The third-order valence-electron chi connectivity index (χ3n) is 4.27. The molecule has 1 amide bonds. The first kappa shape index (κ1) is 23.3. The molecular weight excluding hydrogens is 410 g/mol. The molecule has 0 aromatic heterocycles. The van der Waals surface area contributed by atoms with Crippen molar-refractivity contribution in [1.29, 1.82) is 0 Å². The maximum Gasteiger partial charge on any atom is 0.274 e. The van der Waals surface area contributed by atoms with Crippen molar-refractivity contribution in [3.8, 4) is 5.75 Å². The molecule has 0 saturated heterocycles. The minimum absolute atomic E-state index is 0.0903. The Hall–Kier alpha value is -2.98.